The van der Waals surface area contributed by atoms with Gasteiger partial charge in [0.05, 0.1) is 5.56 Å². The summed E-state index contributed by atoms with van der Waals surface area (Å²) in [5, 5.41) is 0. The normalized spacial score (nSPS) is 14.1. The van der Waals surface area contributed by atoms with Crippen LogP contribution in [0.4, 0.5) is 13.2 Å². The van der Waals surface area contributed by atoms with Gasteiger partial charge in [0, 0.05) is 0 Å². The first-order valence-electron chi connectivity index (χ1n) is 7.13. The lowest BCUT2D eigenvalue weighted by molar-refractivity contribution is -0.138. The molecule has 0 unspecified atom stereocenters. The average Bonchev–Trinajstić information content (AvgIpc) is 2.47. The maximum atomic E-state index is 12.8. The van der Waals surface area contributed by atoms with E-state index in [4.69, 9.17) is 4.74 Å². The molecule has 1 nitrogen and oxygen atoms in total. The van der Waals surface area contributed by atoms with Crippen molar-refractivity contribution in [1.29, 1.82) is 0 Å². The summed E-state index contributed by atoms with van der Waals surface area (Å²) in [6.45, 7) is 5.91. The van der Waals surface area contributed by atoms with Crippen molar-refractivity contribution < 1.29 is 17.9 Å². The third kappa shape index (κ3) is 5.29. The van der Waals surface area contributed by atoms with Gasteiger partial charge in [-0.3, -0.25) is 0 Å². The summed E-state index contributed by atoms with van der Waals surface area (Å²) in [6, 6.07) is 3.93. The van der Waals surface area contributed by atoms with Crippen molar-refractivity contribution in [3.63, 3.8) is 0 Å². The van der Waals surface area contributed by atoms with E-state index in [9.17, 15) is 13.2 Å². The van der Waals surface area contributed by atoms with Crippen LogP contribution in [0.2, 0.25) is 0 Å². The standard InChI is InChI=1S/C15H15F3O.C2H6/c1-11-7-8-13(15(16,17)18)14(9-11)19-10-12-5-3-2-4-6-12;1-2/h3,5-9H,2,4,10H2,1H3;1-2H3. The smallest absolute Gasteiger partial charge is 0.419 e. The topological polar surface area (TPSA) is 9.23 Å². The molecule has 21 heavy (non-hydrogen) atoms. The molecule has 1 aromatic carbocycles. The van der Waals surface area contributed by atoms with Crippen molar-refractivity contribution >= 4 is 0 Å². The number of hydrogen-bond donors (Lipinski definition) is 0. The molecule has 0 amide bonds. The maximum absolute atomic E-state index is 12.8. The quantitative estimate of drug-likeness (QED) is 0.696. The Morgan fingerprint density at radius 3 is 2.43 bits per heavy atom. The second-order valence-electron chi connectivity index (χ2n) is 4.54. The molecule has 116 valence electrons. The highest BCUT2D eigenvalue weighted by Crippen LogP contribution is 2.36. The van der Waals surface area contributed by atoms with Crippen LogP contribution < -0.4 is 4.74 Å². The van der Waals surface area contributed by atoms with Gasteiger partial charge in [0.15, 0.2) is 0 Å². The summed E-state index contributed by atoms with van der Waals surface area (Å²) in [5.74, 6) is -0.104. The first-order chi connectivity index (χ1) is 9.97. The second kappa shape index (κ2) is 7.91. The van der Waals surface area contributed by atoms with Crippen LogP contribution in [0.1, 0.15) is 37.8 Å². The molecule has 4 heteroatoms. The van der Waals surface area contributed by atoms with Gasteiger partial charge in [-0.1, -0.05) is 38.1 Å². The highest BCUT2D eigenvalue weighted by molar-refractivity contribution is 5.39. The zero-order chi connectivity index (χ0) is 15.9. The van der Waals surface area contributed by atoms with Gasteiger partial charge >= 0.3 is 6.18 Å². The molecule has 2 rings (SSSR count). The summed E-state index contributed by atoms with van der Waals surface area (Å²) in [4.78, 5) is 0. The Morgan fingerprint density at radius 1 is 1.14 bits per heavy atom. The fourth-order valence-electron chi connectivity index (χ4n) is 1.92. The van der Waals surface area contributed by atoms with Crippen molar-refractivity contribution in [3.8, 4) is 5.75 Å². The molecular weight excluding hydrogens is 277 g/mol. The molecule has 1 aromatic rings. The molecule has 0 fully saturated rings. The number of allylic oxidation sites excluding steroid dienone is 2. The zero-order valence-corrected chi connectivity index (χ0v) is 12.6. The molecule has 0 heterocycles. The Hall–Kier alpha value is -1.71. The molecule has 0 N–H and O–H groups in total. The number of benzene rings is 1. The first kappa shape index (κ1) is 17.3. The lowest BCUT2D eigenvalue weighted by Crippen LogP contribution is -2.10. The second-order valence-corrected chi connectivity index (χ2v) is 4.54. The summed E-state index contributed by atoms with van der Waals surface area (Å²) in [5.41, 5.74) is 0.940. The minimum absolute atomic E-state index is 0.104. The van der Waals surface area contributed by atoms with Crippen LogP contribution >= 0.6 is 0 Å². The van der Waals surface area contributed by atoms with Crippen LogP contribution in [0.15, 0.2) is 42.0 Å². The largest absolute Gasteiger partial charge is 0.488 e. The fourth-order valence-corrected chi connectivity index (χ4v) is 1.92. The van der Waals surface area contributed by atoms with Crippen molar-refractivity contribution in [2.45, 2.75) is 39.8 Å². The molecule has 0 aliphatic heterocycles. The van der Waals surface area contributed by atoms with E-state index in [2.05, 4.69) is 0 Å². The zero-order valence-electron chi connectivity index (χ0n) is 12.6. The monoisotopic (exact) mass is 298 g/mol. The first-order valence-corrected chi connectivity index (χ1v) is 7.13. The lowest BCUT2D eigenvalue weighted by atomic mass is 10.1. The van der Waals surface area contributed by atoms with Crippen LogP contribution in [0, 0.1) is 6.92 Å². The van der Waals surface area contributed by atoms with E-state index >= 15 is 0 Å². The van der Waals surface area contributed by atoms with Crippen molar-refractivity contribution in [2.75, 3.05) is 6.61 Å². The molecular formula is C17H21F3O. The molecule has 1 aliphatic carbocycles. The van der Waals surface area contributed by atoms with Gasteiger partial charge in [-0.05, 0) is 43.0 Å². The SMILES string of the molecule is CC.Cc1ccc(C(F)(F)F)c(OCC2=CCCC=C2)c1. The van der Waals surface area contributed by atoms with Crippen LogP contribution in [-0.2, 0) is 6.18 Å². The van der Waals surface area contributed by atoms with Crippen molar-refractivity contribution in [2.24, 2.45) is 0 Å². The third-order valence-electron chi connectivity index (χ3n) is 2.91. The molecule has 0 radical (unpaired) electrons. The molecule has 0 spiro atoms. The number of halogens is 3. The van der Waals surface area contributed by atoms with E-state index in [1.54, 1.807) is 6.92 Å². The Labute approximate surface area is 124 Å². The van der Waals surface area contributed by atoms with Gasteiger partial charge in [0.25, 0.3) is 0 Å². The minimum Gasteiger partial charge on any atom is -0.488 e. The predicted molar refractivity (Wildman–Crippen MR) is 79.5 cm³/mol. The van der Waals surface area contributed by atoms with E-state index in [0.717, 1.165) is 30.0 Å². The van der Waals surface area contributed by atoms with Gasteiger partial charge in [0.2, 0.25) is 0 Å². The molecule has 0 saturated carbocycles. The maximum Gasteiger partial charge on any atom is 0.419 e. The van der Waals surface area contributed by atoms with E-state index in [-0.39, 0.29) is 12.4 Å². The number of alkyl halides is 3. The summed E-state index contributed by atoms with van der Waals surface area (Å²) >= 11 is 0. The number of hydrogen-bond acceptors (Lipinski definition) is 1. The van der Waals surface area contributed by atoms with Gasteiger partial charge in [-0.25, -0.2) is 0 Å². The summed E-state index contributed by atoms with van der Waals surface area (Å²) < 4.78 is 43.9. The molecule has 0 aromatic heterocycles. The van der Waals surface area contributed by atoms with Crippen LogP contribution in [0.25, 0.3) is 0 Å². The van der Waals surface area contributed by atoms with Crippen molar-refractivity contribution in [3.05, 3.63) is 53.1 Å². The Morgan fingerprint density at radius 2 is 1.86 bits per heavy atom. The number of aryl methyl sites for hydroxylation is 1. The summed E-state index contributed by atoms with van der Waals surface area (Å²) in [6.07, 6.45) is 3.38. The van der Waals surface area contributed by atoms with Gasteiger partial charge in [0.1, 0.15) is 12.4 Å². The van der Waals surface area contributed by atoms with Gasteiger partial charge in [-0.2, -0.15) is 13.2 Å². The highest BCUT2D eigenvalue weighted by atomic mass is 19.4. The highest BCUT2D eigenvalue weighted by Gasteiger charge is 2.34. The molecule has 0 saturated heterocycles. The predicted octanol–water partition coefficient (Wildman–Crippen LogP) is 5.70. The van der Waals surface area contributed by atoms with Gasteiger partial charge < -0.3 is 4.74 Å². The Balaban J connectivity index is 0.00000106. The van der Waals surface area contributed by atoms with Crippen LogP contribution in [-0.4, -0.2) is 6.61 Å². The van der Waals surface area contributed by atoms with E-state index in [1.165, 1.54) is 12.1 Å². The van der Waals surface area contributed by atoms with E-state index in [1.807, 2.05) is 32.1 Å². The van der Waals surface area contributed by atoms with E-state index in [0.29, 0.717) is 0 Å². The molecule has 0 atom stereocenters. The minimum atomic E-state index is -4.39. The fraction of sp³-hybridized carbons (Fsp3) is 0.412. The number of ether oxygens (including phenoxy) is 1. The van der Waals surface area contributed by atoms with Crippen LogP contribution in [0.5, 0.6) is 5.75 Å². The Kier molecular flexibility index (Phi) is 6.53. The van der Waals surface area contributed by atoms with Crippen molar-refractivity contribution in [1.82, 2.24) is 0 Å². The summed E-state index contributed by atoms with van der Waals surface area (Å²) in [7, 11) is 0. The van der Waals surface area contributed by atoms with E-state index < -0.39 is 11.7 Å². The number of rotatable bonds is 3. The third-order valence-corrected chi connectivity index (χ3v) is 2.91. The molecule has 0 bridgehead atoms. The molecule has 1 aliphatic rings. The lowest BCUT2D eigenvalue weighted by Gasteiger charge is -2.15. The van der Waals surface area contributed by atoms with Crippen LogP contribution in [0.3, 0.4) is 0 Å². The average molecular weight is 298 g/mol. The van der Waals surface area contributed by atoms with Gasteiger partial charge in [-0.15, -0.1) is 0 Å². The Bertz CT molecular complexity index is 513.